The fourth-order valence-electron chi connectivity index (χ4n) is 2.43. The standard InChI is InChI=1S/C15H20O3/c1-5-18-14(16)15(8-17-9-15)13-7-6-10(2)11(3)12(13)4/h6-7H,5,8-9H2,1-4H3. The van der Waals surface area contributed by atoms with E-state index in [1.165, 1.54) is 16.7 Å². The van der Waals surface area contributed by atoms with E-state index in [2.05, 4.69) is 26.8 Å². The van der Waals surface area contributed by atoms with Gasteiger partial charge in [0, 0.05) is 0 Å². The third kappa shape index (κ3) is 1.83. The van der Waals surface area contributed by atoms with E-state index in [1.807, 2.05) is 13.0 Å². The fourth-order valence-corrected chi connectivity index (χ4v) is 2.43. The van der Waals surface area contributed by atoms with Crippen LogP contribution >= 0.6 is 0 Å². The van der Waals surface area contributed by atoms with Crippen LogP contribution in [0.2, 0.25) is 0 Å². The number of carbonyl (C=O) groups is 1. The van der Waals surface area contributed by atoms with E-state index in [-0.39, 0.29) is 5.97 Å². The molecule has 2 rings (SSSR count). The predicted octanol–water partition coefficient (Wildman–Crippen LogP) is 2.44. The molecule has 0 radical (unpaired) electrons. The van der Waals surface area contributed by atoms with Gasteiger partial charge in [-0.2, -0.15) is 0 Å². The molecule has 0 spiro atoms. The second kappa shape index (κ2) is 4.73. The first kappa shape index (κ1) is 13.1. The van der Waals surface area contributed by atoms with Crippen molar-refractivity contribution in [3.05, 3.63) is 34.4 Å². The SMILES string of the molecule is CCOC(=O)C1(c2ccc(C)c(C)c2C)COC1. The van der Waals surface area contributed by atoms with Gasteiger partial charge < -0.3 is 9.47 Å². The van der Waals surface area contributed by atoms with E-state index >= 15 is 0 Å². The lowest BCUT2D eigenvalue weighted by atomic mass is 9.75. The van der Waals surface area contributed by atoms with Crippen LogP contribution in [0, 0.1) is 20.8 Å². The van der Waals surface area contributed by atoms with Crippen LogP contribution in [-0.2, 0) is 19.7 Å². The summed E-state index contributed by atoms with van der Waals surface area (Å²) in [6, 6.07) is 4.11. The van der Waals surface area contributed by atoms with Crippen molar-refractivity contribution in [3.8, 4) is 0 Å². The molecule has 0 amide bonds. The van der Waals surface area contributed by atoms with Crippen molar-refractivity contribution in [1.82, 2.24) is 0 Å². The molecular formula is C15H20O3. The molecule has 0 saturated carbocycles. The molecule has 3 nitrogen and oxygen atoms in total. The maximum Gasteiger partial charge on any atom is 0.321 e. The molecule has 0 aromatic heterocycles. The number of hydrogen-bond donors (Lipinski definition) is 0. The second-order valence-corrected chi connectivity index (χ2v) is 4.98. The molecule has 1 heterocycles. The molecule has 18 heavy (non-hydrogen) atoms. The summed E-state index contributed by atoms with van der Waals surface area (Å²) < 4.78 is 10.5. The molecule has 1 fully saturated rings. The maximum atomic E-state index is 12.2. The van der Waals surface area contributed by atoms with Gasteiger partial charge in [0.1, 0.15) is 5.41 Å². The molecular weight excluding hydrogens is 228 g/mol. The Hall–Kier alpha value is -1.35. The number of aryl methyl sites for hydroxylation is 1. The summed E-state index contributed by atoms with van der Waals surface area (Å²) >= 11 is 0. The average Bonchev–Trinajstić information content (AvgIpc) is 2.28. The Bertz CT molecular complexity index is 473. The van der Waals surface area contributed by atoms with Gasteiger partial charge in [-0.15, -0.1) is 0 Å². The number of hydrogen-bond acceptors (Lipinski definition) is 3. The van der Waals surface area contributed by atoms with Gasteiger partial charge in [-0.3, -0.25) is 4.79 Å². The molecule has 3 heteroatoms. The Kier molecular flexibility index (Phi) is 3.44. The van der Waals surface area contributed by atoms with Gasteiger partial charge in [0.05, 0.1) is 19.8 Å². The zero-order valence-electron chi connectivity index (χ0n) is 11.5. The number of benzene rings is 1. The molecule has 1 aromatic rings. The third-order valence-electron chi connectivity index (χ3n) is 3.94. The summed E-state index contributed by atoms with van der Waals surface area (Å²) in [5.74, 6) is -0.164. The van der Waals surface area contributed by atoms with E-state index in [9.17, 15) is 4.79 Å². The van der Waals surface area contributed by atoms with Crippen LogP contribution in [0.1, 0.15) is 29.2 Å². The monoisotopic (exact) mass is 248 g/mol. The molecule has 0 bridgehead atoms. The van der Waals surface area contributed by atoms with E-state index in [4.69, 9.17) is 9.47 Å². The highest BCUT2D eigenvalue weighted by molar-refractivity contribution is 5.85. The van der Waals surface area contributed by atoms with E-state index in [0.717, 1.165) is 5.56 Å². The summed E-state index contributed by atoms with van der Waals surface area (Å²) in [5, 5.41) is 0. The summed E-state index contributed by atoms with van der Waals surface area (Å²) in [4.78, 5) is 12.2. The molecule has 0 unspecified atom stereocenters. The predicted molar refractivity (Wildman–Crippen MR) is 69.8 cm³/mol. The van der Waals surface area contributed by atoms with E-state index in [1.54, 1.807) is 0 Å². The zero-order chi connectivity index (χ0) is 13.3. The molecule has 1 aromatic carbocycles. The lowest BCUT2D eigenvalue weighted by molar-refractivity contribution is -0.169. The van der Waals surface area contributed by atoms with Gasteiger partial charge in [0.25, 0.3) is 0 Å². The largest absolute Gasteiger partial charge is 0.465 e. The Morgan fingerprint density at radius 1 is 1.28 bits per heavy atom. The van der Waals surface area contributed by atoms with Crippen LogP contribution < -0.4 is 0 Å². The lowest BCUT2D eigenvalue weighted by Gasteiger charge is -2.40. The Labute approximate surface area is 108 Å². The van der Waals surface area contributed by atoms with Gasteiger partial charge in [-0.25, -0.2) is 0 Å². The van der Waals surface area contributed by atoms with Gasteiger partial charge in [-0.1, -0.05) is 12.1 Å². The number of rotatable bonds is 3. The summed E-state index contributed by atoms with van der Waals surface area (Å²) in [7, 11) is 0. The Balaban J connectivity index is 2.45. The van der Waals surface area contributed by atoms with Gasteiger partial charge >= 0.3 is 5.97 Å². The molecule has 1 saturated heterocycles. The van der Waals surface area contributed by atoms with E-state index < -0.39 is 5.41 Å². The second-order valence-electron chi connectivity index (χ2n) is 4.98. The third-order valence-corrected chi connectivity index (χ3v) is 3.94. The minimum absolute atomic E-state index is 0.164. The number of carbonyl (C=O) groups excluding carboxylic acids is 1. The quantitative estimate of drug-likeness (QED) is 0.771. The minimum Gasteiger partial charge on any atom is -0.465 e. The molecule has 0 N–H and O–H groups in total. The van der Waals surface area contributed by atoms with Crippen LogP contribution in [0.25, 0.3) is 0 Å². The van der Waals surface area contributed by atoms with Crippen molar-refractivity contribution in [2.24, 2.45) is 0 Å². The molecule has 1 aliphatic heterocycles. The zero-order valence-corrected chi connectivity index (χ0v) is 11.5. The number of ether oxygens (including phenoxy) is 2. The first-order chi connectivity index (χ1) is 8.53. The maximum absolute atomic E-state index is 12.2. The van der Waals surface area contributed by atoms with Crippen molar-refractivity contribution < 1.29 is 14.3 Å². The van der Waals surface area contributed by atoms with Crippen LogP contribution in [0.3, 0.4) is 0 Å². The van der Waals surface area contributed by atoms with E-state index in [0.29, 0.717) is 19.8 Å². The van der Waals surface area contributed by atoms with Crippen LogP contribution in [0.4, 0.5) is 0 Å². The average molecular weight is 248 g/mol. The van der Waals surface area contributed by atoms with Crippen molar-refractivity contribution >= 4 is 5.97 Å². The number of esters is 1. The summed E-state index contributed by atoms with van der Waals surface area (Å²) in [5.41, 5.74) is 4.12. The minimum atomic E-state index is -0.585. The molecule has 0 atom stereocenters. The summed E-state index contributed by atoms with van der Waals surface area (Å²) in [6.07, 6.45) is 0. The van der Waals surface area contributed by atoms with Gasteiger partial charge in [0.15, 0.2) is 0 Å². The van der Waals surface area contributed by atoms with Gasteiger partial charge in [-0.05, 0) is 49.9 Å². The van der Waals surface area contributed by atoms with Crippen LogP contribution in [0.15, 0.2) is 12.1 Å². The smallest absolute Gasteiger partial charge is 0.321 e. The lowest BCUT2D eigenvalue weighted by Crippen LogP contribution is -2.54. The van der Waals surface area contributed by atoms with Crippen molar-refractivity contribution in [2.75, 3.05) is 19.8 Å². The Morgan fingerprint density at radius 2 is 1.94 bits per heavy atom. The van der Waals surface area contributed by atoms with Crippen molar-refractivity contribution in [1.29, 1.82) is 0 Å². The molecule has 1 aliphatic rings. The topological polar surface area (TPSA) is 35.5 Å². The summed E-state index contributed by atoms with van der Waals surface area (Å²) in [6.45, 7) is 9.33. The highest BCUT2D eigenvalue weighted by Gasteiger charge is 2.49. The van der Waals surface area contributed by atoms with Crippen molar-refractivity contribution in [2.45, 2.75) is 33.1 Å². The Morgan fingerprint density at radius 3 is 2.44 bits per heavy atom. The highest BCUT2D eigenvalue weighted by atomic mass is 16.6. The fraction of sp³-hybridized carbons (Fsp3) is 0.533. The molecule has 98 valence electrons. The van der Waals surface area contributed by atoms with Crippen LogP contribution in [0.5, 0.6) is 0 Å². The van der Waals surface area contributed by atoms with Crippen molar-refractivity contribution in [3.63, 3.8) is 0 Å². The first-order valence-corrected chi connectivity index (χ1v) is 6.35. The first-order valence-electron chi connectivity index (χ1n) is 6.35. The molecule has 0 aliphatic carbocycles. The normalized spacial score (nSPS) is 17.1. The van der Waals surface area contributed by atoms with Crippen LogP contribution in [-0.4, -0.2) is 25.8 Å². The van der Waals surface area contributed by atoms with Gasteiger partial charge in [0.2, 0.25) is 0 Å². The highest BCUT2D eigenvalue weighted by Crippen LogP contribution is 2.37.